The van der Waals surface area contributed by atoms with Crippen LogP contribution in [0.2, 0.25) is 13.1 Å². The second-order valence-electron chi connectivity index (χ2n) is 12.6. The summed E-state index contributed by atoms with van der Waals surface area (Å²) in [5.74, 6) is 0. The Bertz CT molecular complexity index is 1740. The lowest BCUT2D eigenvalue weighted by atomic mass is 9.89. The highest BCUT2D eigenvalue weighted by Gasteiger charge is 2.48. The van der Waals surface area contributed by atoms with Crippen molar-refractivity contribution in [3.8, 4) is 0 Å². The van der Waals surface area contributed by atoms with E-state index in [4.69, 9.17) is 0 Å². The number of rotatable bonds is 11. The lowest BCUT2D eigenvalue weighted by molar-refractivity contribution is 0.0937. The van der Waals surface area contributed by atoms with E-state index in [0.717, 1.165) is 11.1 Å². The molecule has 0 saturated carbocycles. The molecule has 6 aromatic carbocycles. The van der Waals surface area contributed by atoms with Gasteiger partial charge in [0, 0.05) is 6.42 Å². The molecule has 6 aromatic rings. The zero-order valence-electron chi connectivity index (χ0n) is 27.2. The molecule has 3 heteroatoms. The van der Waals surface area contributed by atoms with Crippen LogP contribution in [0.15, 0.2) is 199 Å². The second-order valence-corrected chi connectivity index (χ2v) is 21.0. The van der Waals surface area contributed by atoms with Gasteiger partial charge in [0.05, 0.1) is 0 Å². The van der Waals surface area contributed by atoms with Gasteiger partial charge in [0.2, 0.25) is 0 Å². The molecule has 0 aliphatic rings. The molecule has 0 spiro atoms. The topological polar surface area (TPSA) is 20.2 Å². The van der Waals surface area contributed by atoms with Crippen molar-refractivity contribution in [1.29, 1.82) is 0 Å². The molecule has 0 saturated heterocycles. The van der Waals surface area contributed by atoms with Crippen LogP contribution < -0.4 is 20.7 Å². The highest BCUT2D eigenvalue weighted by atomic mass is 28.4. The molecular formula is C44H42OSi2. The summed E-state index contributed by atoms with van der Waals surface area (Å²) in [6.45, 7) is 5.03. The number of aliphatic hydroxyl groups is 1. The molecule has 0 radical (unpaired) electrons. The first-order chi connectivity index (χ1) is 22.9. The largest absolute Gasteiger partial charge is 0.381 e. The fraction of sp³-hybridized carbons (Fsp3) is 0.0909. The van der Waals surface area contributed by atoms with Gasteiger partial charge < -0.3 is 5.11 Å². The maximum Gasteiger partial charge on any atom is 0.138 e. The third-order valence-corrected chi connectivity index (χ3v) is 21.2. The van der Waals surface area contributed by atoms with Crippen LogP contribution in [0.5, 0.6) is 0 Å². The molecule has 1 N–H and O–H groups in total. The summed E-state index contributed by atoms with van der Waals surface area (Å²) >= 11 is 0. The van der Waals surface area contributed by atoms with E-state index in [9.17, 15) is 5.11 Å². The van der Waals surface area contributed by atoms with E-state index in [1.165, 1.54) is 25.6 Å². The molecule has 0 aliphatic heterocycles. The SMILES string of the molecule is C[Si](C(=CCC(O)(/C=C/c1ccccc1)c1ccccc1)[Si](C)(c1ccccc1)c1ccccc1)(c1ccccc1)c1ccccc1. The van der Waals surface area contributed by atoms with Gasteiger partial charge in [-0.2, -0.15) is 0 Å². The Kier molecular flexibility index (Phi) is 9.79. The molecule has 1 unspecified atom stereocenters. The van der Waals surface area contributed by atoms with E-state index in [0.29, 0.717) is 6.42 Å². The number of hydrogen-bond acceptors (Lipinski definition) is 1. The fourth-order valence-electron chi connectivity index (χ4n) is 7.01. The van der Waals surface area contributed by atoms with Crippen molar-refractivity contribution >= 4 is 43.0 Å². The zero-order valence-corrected chi connectivity index (χ0v) is 29.2. The van der Waals surface area contributed by atoms with Crippen LogP contribution in [-0.2, 0) is 5.60 Å². The molecule has 0 fully saturated rings. The Balaban J connectivity index is 1.65. The highest BCUT2D eigenvalue weighted by Crippen LogP contribution is 2.33. The van der Waals surface area contributed by atoms with Gasteiger partial charge in [-0.3, -0.25) is 0 Å². The van der Waals surface area contributed by atoms with E-state index in [-0.39, 0.29) is 0 Å². The summed E-state index contributed by atoms with van der Waals surface area (Å²) in [4.78, 5) is 1.47. The monoisotopic (exact) mass is 642 g/mol. The number of benzene rings is 6. The van der Waals surface area contributed by atoms with Gasteiger partial charge in [-0.25, -0.2) is 0 Å². The van der Waals surface area contributed by atoms with Crippen LogP contribution in [0.4, 0.5) is 0 Å². The summed E-state index contributed by atoms with van der Waals surface area (Å²) in [5.41, 5.74) is 0.730. The Morgan fingerprint density at radius 1 is 0.489 bits per heavy atom. The molecule has 6 rings (SSSR count). The van der Waals surface area contributed by atoms with Crippen molar-refractivity contribution in [2.75, 3.05) is 0 Å². The summed E-state index contributed by atoms with van der Waals surface area (Å²) < 4.78 is 0. The van der Waals surface area contributed by atoms with Gasteiger partial charge in [0.1, 0.15) is 21.7 Å². The van der Waals surface area contributed by atoms with Crippen LogP contribution >= 0.6 is 0 Å². The predicted octanol–water partition coefficient (Wildman–Crippen LogP) is 7.77. The van der Waals surface area contributed by atoms with Crippen molar-refractivity contribution in [3.63, 3.8) is 0 Å². The summed E-state index contributed by atoms with van der Waals surface area (Å²) in [7, 11) is -5.26. The molecule has 0 aromatic heterocycles. The van der Waals surface area contributed by atoms with Crippen molar-refractivity contribution in [1.82, 2.24) is 0 Å². The second kappa shape index (κ2) is 14.3. The third-order valence-electron chi connectivity index (χ3n) is 9.72. The Hall–Kier alpha value is -4.81. The molecule has 0 aliphatic carbocycles. The summed E-state index contributed by atoms with van der Waals surface area (Å²) in [6, 6.07) is 64.7. The van der Waals surface area contributed by atoms with Gasteiger partial charge in [0.25, 0.3) is 0 Å². The van der Waals surface area contributed by atoms with Gasteiger partial charge in [-0.05, 0) is 17.2 Å². The summed E-state index contributed by atoms with van der Waals surface area (Å²) in [5, 5.41) is 18.2. The zero-order chi connectivity index (χ0) is 32.6. The molecule has 0 amide bonds. The molecule has 47 heavy (non-hydrogen) atoms. The van der Waals surface area contributed by atoms with Crippen LogP contribution in [0.25, 0.3) is 6.08 Å². The van der Waals surface area contributed by atoms with Crippen molar-refractivity contribution in [2.24, 2.45) is 0 Å². The molecular weight excluding hydrogens is 601 g/mol. The van der Waals surface area contributed by atoms with Gasteiger partial charge in [-0.1, -0.05) is 233 Å². The maximum atomic E-state index is 12.7. The van der Waals surface area contributed by atoms with Gasteiger partial charge in [0.15, 0.2) is 0 Å². The van der Waals surface area contributed by atoms with E-state index < -0.39 is 21.7 Å². The fourth-order valence-corrected chi connectivity index (χ4v) is 19.1. The minimum atomic E-state index is -2.63. The highest BCUT2D eigenvalue weighted by molar-refractivity contribution is 7.24. The quantitative estimate of drug-likeness (QED) is 0.143. The van der Waals surface area contributed by atoms with Crippen LogP contribution in [0.1, 0.15) is 17.5 Å². The maximum absolute atomic E-state index is 12.7. The molecule has 0 heterocycles. The Morgan fingerprint density at radius 2 is 0.809 bits per heavy atom. The lowest BCUT2D eigenvalue weighted by Gasteiger charge is -2.43. The Labute approximate surface area is 282 Å². The van der Waals surface area contributed by atoms with E-state index >= 15 is 0 Å². The molecule has 232 valence electrons. The molecule has 1 nitrogen and oxygen atoms in total. The van der Waals surface area contributed by atoms with Crippen molar-refractivity contribution in [2.45, 2.75) is 25.1 Å². The van der Waals surface area contributed by atoms with E-state index in [1.54, 1.807) is 0 Å². The van der Waals surface area contributed by atoms with Crippen molar-refractivity contribution in [3.05, 3.63) is 210 Å². The van der Waals surface area contributed by atoms with Gasteiger partial charge in [-0.15, -0.1) is 0 Å². The van der Waals surface area contributed by atoms with E-state index in [2.05, 4.69) is 159 Å². The minimum Gasteiger partial charge on any atom is -0.381 e. The number of hydrogen-bond donors (Lipinski definition) is 1. The Morgan fingerprint density at radius 3 is 1.17 bits per heavy atom. The van der Waals surface area contributed by atoms with E-state index in [1.807, 2.05) is 54.6 Å². The first kappa shape index (κ1) is 32.1. The normalized spacial score (nSPS) is 13.2. The first-order valence-corrected chi connectivity index (χ1v) is 21.4. The van der Waals surface area contributed by atoms with Crippen LogP contribution in [0.3, 0.4) is 0 Å². The van der Waals surface area contributed by atoms with Crippen LogP contribution in [-0.4, -0.2) is 21.3 Å². The predicted molar refractivity (Wildman–Crippen MR) is 206 cm³/mol. The van der Waals surface area contributed by atoms with Gasteiger partial charge >= 0.3 is 0 Å². The molecule has 0 bridgehead atoms. The summed E-state index contributed by atoms with van der Waals surface area (Å²) in [6.07, 6.45) is 6.93. The smallest absolute Gasteiger partial charge is 0.138 e. The average Bonchev–Trinajstić information content (AvgIpc) is 3.16. The first-order valence-electron chi connectivity index (χ1n) is 16.4. The van der Waals surface area contributed by atoms with Crippen molar-refractivity contribution < 1.29 is 5.11 Å². The minimum absolute atomic E-state index is 0.445. The molecule has 1 atom stereocenters. The van der Waals surface area contributed by atoms with Crippen LogP contribution in [0, 0.1) is 0 Å². The standard InChI is InChI=1S/C44H42OSi2/c1-46(39-25-13-5-14-26-39,40-27-15-6-16-28-40)43(47(2,41-29-17-7-18-30-41)42-31-19-8-20-32-42)34-36-44(45,38-23-11-4-12-24-38)35-33-37-21-9-3-10-22-37/h3-35,45H,36H2,1-2H3/b35-33+. The average molecular weight is 643 g/mol. The lowest BCUT2D eigenvalue weighted by Crippen LogP contribution is -2.70. The third kappa shape index (κ3) is 6.70.